The summed E-state index contributed by atoms with van der Waals surface area (Å²) < 4.78 is 0. The second-order valence-corrected chi connectivity index (χ2v) is 3.90. The molecule has 0 radical (unpaired) electrons. The van der Waals surface area contributed by atoms with Crippen LogP contribution in [0.15, 0.2) is 0 Å². The summed E-state index contributed by atoms with van der Waals surface area (Å²) in [5, 5.41) is 9.72. The molecule has 0 aromatic heterocycles. The zero-order valence-electron chi connectivity index (χ0n) is 8.29. The average Bonchev–Trinajstić information content (AvgIpc) is 2.05. The van der Waals surface area contributed by atoms with Gasteiger partial charge < -0.3 is 10.0 Å². The van der Waals surface area contributed by atoms with Gasteiger partial charge in [-0.25, -0.2) is 0 Å². The zero-order chi connectivity index (χ0) is 8.97. The van der Waals surface area contributed by atoms with Gasteiger partial charge in [-0.1, -0.05) is 19.8 Å². The van der Waals surface area contributed by atoms with Crippen LogP contribution in [0, 0.1) is 0 Å². The van der Waals surface area contributed by atoms with Crippen molar-refractivity contribution < 1.29 is 5.11 Å². The summed E-state index contributed by atoms with van der Waals surface area (Å²) in [7, 11) is 2.13. The van der Waals surface area contributed by atoms with Gasteiger partial charge >= 0.3 is 0 Å². The van der Waals surface area contributed by atoms with E-state index in [9.17, 15) is 5.11 Å². The van der Waals surface area contributed by atoms with Crippen molar-refractivity contribution in [1.29, 1.82) is 0 Å². The molecule has 1 saturated carbocycles. The van der Waals surface area contributed by atoms with Crippen molar-refractivity contribution in [2.24, 2.45) is 0 Å². The predicted molar refractivity (Wildman–Crippen MR) is 51.2 cm³/mol. The second kappa shape index (κ2) is 4.83. The number of nitrogens with zero attached hydrogens (tertiary/aromatic N) is 1. The van der Waals surface area contributed by atoms with E-state index in [1.54, 1.807) is 0 Å². The normalized spacial score (nSPS) is 31.0. The van der Waals surface area contributed by atoms with Gasteiger partial charge in [-0.3, -0.25) is 0 Å². The smallest absolute Gasteiger partial charge is 0.0695 e. The van der Waals surface area contributed by atoms with Gasteiger partial charge in [0.15, 0.2) is 0 Å². The van der Waals surface area contributed by atoms with Crippen LogP contribution < -0.4 is 0 Å². The molecule has 1 aliphatic rings. The van der Waals surface area contributed by atoms with Gasteiger partial charge in [-0.2, -0.15) is 0 Å². The average molecular weight is 171 g/mol. The van der Waals surface area contributed by atoms with Crippen molar-refractivity contribution in [2.45, 2.75) is 51.2 Å². The number of hydrogen-bond donors (Lipinski definition) is 1. The topological polar surface area (TPSA) is 23.5 Å². The second-order valence-electron chi connectivity index (χ2n) is 3.90. The molecular weight excluding hydrogens is 150 g/mol. The Morgan fingerprint density at radius 1 is 1.33 bits per heavy atom. The summed E-state index contributed by atoms with van der Waals surface area (Å²) in [6.07, 6.45) is 5.78. The third-order valence-electron chi connectivity index (χ3n) is 2.84. The summed E-state index contributed by atoms with van der Waals surface area (Å²) in [6, 6.07) is 0.429. The summed E-state index contributed by atoms with van der Waals surface area (Å²) in [5.41, 5.74) is 0. The van der Waals surface area contributed by atoms with Crippen LogP contribution in [-0.4, -0.2) is 35.7 Å². The Morgan fingerprint density at radius 3 is 2.58 bits per heavy atom. The predicted octanol–water partition coefficient (Wildman–Crippen LogP) is 1.63. The molecule has 0 amide bonds. The van der Waals surface area contributed by atoms with Crippen molar-refractivity contribution >= 4 is 0 Å². The Balaban J connectivity index is 2.36. The molecule has 1 rings (SSSR count). The first-order valence-electron chi connectivity index (χ1n) is 5.14. The van der Waals surface area contributed by atoms with Gasteiger partial charge in [0.05, 0.1) is 6.10 Å². The molecule has 72 valence electrons. The molecule has 0 unspecified atom stereocenters. The van der Waals surface area contributed by atoms with E-state index in [4.69, 9.17) is 0 Å². The number of likely N-dealkylation sites (N-methyl/N-ethyl adjacent to an activating group) is 1. The van der Waals surface area contributed by atoms with E-state index in [1.807, 2.05) is 0 Å². The molecule has 0 bridgehead atoms. The van der Waals surface area contributed by atoms with Crippen LogP contribution in [0.4, 0.5) is 0 Å². The maximum absolute atomic E-state index is 9.72. The maximum atomic E-state index is 9.72. The molecule has 1 fully saturated rings. The lowest BCUT2D eigenvalue weighted by molar-refractivity contribution is 0.0323. The highest BCUT2D eigenvalue weighted by Gasteiger charge is 2.25. The Bertz CT molecular complexity index is 127. The van der Waals surface area contributed by atoms with Gasteiger partial charge in [0.25, 0.3) is 0 Å². The van der Waals surface area contributed by atoms with Crippen LogP contribution in [0.25, 0.3) is 0 Å². The minimum atomic E-state index is -0.0738. The Morgan fingerprint density at radius 2 is 2.00 bits per heavy atom. The third-order valence-corrected chi connectivity index (χ3v) is 2.84. The summed E-state index contributed by atoms with van der Waals surface area (Å²) in [4.78, 5) is 2.31. The monoisotopic (exact) mass is 171 g/mol. The lowest BCUT2D eigenvalue weighted by Gasteiger charge is -2.34. The Kier molecular flexibility index (Phi) is 4.02. The fourth-order valence-electron chi connectivity index (χ4n) is 2.12. The van der Waals surface area contributed by atoms with Crippen molar-refractivity contribution in [3.63, 3.8) is 0 Å². The molecule has 2 heteroatoms. The molecule has 1 N–H and O–H groups in total. The van der Waals surface area contributed by atoms with Crippen molar-refractivity contribution in [3.05, 3.63) is 0 Å². The minimum Gasteiger partial charge on any atom is -0.391 e. The van der Waals surface area contributed by atoms with Crippen LogP contribution in [-0.2, 0) is 0 Å². The van der Waals surface area contributed by atoms with E-state index in [2.05, 4.69) is 18.9 Å². The van der Waals surface area contributed by atoms with Crippen LogP contribution >= 0.6 is 0 Å². The molecule has 0 aromatic carbocycles. The standard InChI is InChI=1S/C10H21NO/c1-3-8-11(2)9-6-4-5-7-10(9)12/h9-10,12H,3-8H2,1-2H3/t9-,10-/m1/s1. The largest absolute Gasteiger partial charge is 0.391 e. The van der Waals surface area contributed by atoms with Crippen molar-refractivity contribution in [2.75, 3.05) is 13.6 Å². The third kappa shape index (κ3) is 2.46. The van der Waals surface area contributed by atoms with E-state index in [0.29, 0.717) is 6.04 Å². The molecule has 2 atom stereocenters. The van der Waals surface area contributed by atoms with Crippen LogP contribution in [0.2, 0.25) is 0 Å². The highest BCUT2D eigenvalue weighted by Crippen LogP contribution is 2.22. The van der Waals surface area contributed by atoms with Crippen LogP contribution in [0.1, 0.15) is 39.0 Å². The SMILES string of the molecule is CCCN(C)[C@@H]1CCCC[C@H]1O. The van der Waals surface area contributed by atoms with Crippen LogP contribution in [0.5, 0.6) is 0 Å². The van der Waals surface area contributed by atoms with E-state index in [1.165, 1.54) is 25.7 Å². The fraction of sp³-hybridized carbons (Fsp3) is 1.00. The lowest BCUT2D eigenvalue weighted by atomic mass is 9.91. The van der Waals surface area contributed by atoms with Gasteiger partial charge in [0.2, 0.25) is 0 Å². The molecule has 0 aliphatic heterocycles. The molecule has 0 aromatic rings. The van der Waals surface area contributed by atoms with Crippen molar-refractivity contribution in [1.82, 2.24) is 4.90 Å². The van der Waals surface area contributed by atoms with E-state index in [0.717, 1.165) is 13.0 Å². The zero-order valence-corrected chi connectivity index (χ0v) is 8.29. The minimum absolute atomic E-state index is 0.0738. The fourth-order valence-corrected chi connectivity index (χ4v) is 2.12. The first kappa shape index (κ1) is 10.0. The van der Waals surface area contributed by atoms with E-state index < -0.39 is 0 Å². The lowest BCUT2D eigenvalue weighted by Crippen LogP contribution is -2.43. The van der Waals surface area contributed by atoms with Gasteiger partial charge in [-0.15, -0.1) is 0 Å². The van der Waals surface area contributed by atoms with E-state index in [-0.39, 0.29) is 6.10 Å². The highest BCUT2D eigenvalue weighted by atomic mass is 16.3. The Labute approximate surface area is 75.6 Å². The summed E-state index contributed by atoms with van der Waals surface area (Å²) in [6.45, 7) is 3.30. The number of aliphatic hydroxyl groups excluding tert-OH is 1. The number of rotatable bonds is 3. The molecule has 0 heterocycles. The summed E-state index contributed by atoms with van der Waals surface area (Å²) in [5.74, 6) is 0. The number of hydrogen-bond acceptors (Lipinski definition) is 2. The maximum Gasteiger partial charge on any atom is 0.0695 e. The molecule has 2 nitrogen and oxygen atoms in total. The molecule has 1 aliphatic carbocycles. The highest BCUT2D eigenvalue weighted by molar-refractivity contribution is 4.81. The quantitative estimate of drug-likeness (QED) is 0.697. The number of aliphatic hydroxyl groups is 1. The summed E-state index contributed by atoms with van der Waals surface area (Å²) >= 11 is 0. The Hall–Kier alpha value is -0.0800. The van der Waals surface area contributed by atoms with Crippen molar-refractivity contribution in [3.8, 4) is 0 Å². The van der Waals surface area contributed by atoms with Gasteiger partial charge in [0.1, 0.15) is 0 Å². The molecule has 0 saturated heterocycles. The molecule has 12 heavy (non-hydrogen) atoms. The van der Waals surface area contributed by atoms with E-state index >= 15 is 0 Å². The van der Waals surface area contributed by atoms with Gasteiger partial charge in [0, 0.05) is 6.04 Å². The molecular formula is C10H21NO. The molecule has 0 spiro atoms. The van der Waals surface area contributed by atoms with Crippen LogP contribution in [0.3, 0.4) is 0 Å². The first-order valence-corrected chi connectivity index (χ1v) is 5.14. The first-order chi connectivity index (χ1) is 5.75. The van der Waals surface area contributed by atoms with Gasteiger partial charge in [-0.05, 0) is 32.9 Å².